The van der Waals surface area contributed by atoms with E-state index in [1.54, 1.807) is 0 Å². The van der Waals surface area contributed by atoms with Gasteiger partial charge in [-0.05, 0) is 56.1 Å². The molecule has 0 radical (unpaired) electrons. The number of Topliss-reactive ketones (excluding diaryl/α,β-unsaturated/α-hetero) is 1. The third-order valence-electron chi connectivity index (χ3n) is 5.34. The number of rotatable bonds is 4. The number of piperidine rings is 1. The van der Waals surface area contributed by atoms with Gasteiger partial charge in [0, 0.05) is 29.7 Å². The lowest BCUT2D eigenvalue weighted by molar-refractivity contribution is 0.0857. The van der Waals surface area contributed by atoms with Crippen LogP contribution in [-0.2, 0) is 6.54 Å². The van der Waals surface area contributed by atoms with Crippen LogP contribution in [0.5, 0.6) is 0 Å². The highest BCUT2D eigenvalue weighted by Crippen LogP contribution is 2.24. The van der Waals surface area contributed by atoms with Crippen LogP contribution in [0.15, 0.2) is 60.8 Å². The Balaban J connectivity index is 1.61. The molecule has 4 rings (SSSR count). The Bertz CT molecular complexity index is 873. The van der Waals surface area contributed by atoms with Crippen LogP contribution in [0.2, 0.25) is 0 Å². The maximum Gasteiger partial charge on any atom is 0.166 e. The third-order valence-corrected chi connectivity index (χ3v) is 5.34. The number of hydrogen-bond acceptors (Lipinski definition) is 2. The number of aromatic nitrogens is 1. The van der Waals surface area contributed by atoms with Gasteiger partial charge in [-0.3, -0.25) is 4.79 Å². The maximum absolute atomic E-state index is 12.9. The Kier molecular flexibility index (Phi) is 4.41. The molecule has 3 nitrogen and oxygen atoms in total. The summed E-state index contributed by atoms with van der Waals surface area (Å²) >= 11 is 0. The molecule has 1 aliphatic rings. The molecule has 25 heavy (non-hydrogen) atoms. The highest BCUT2D eigenvalue weighted by molar-refractivity contribution is 6.01. The van der Waals surface area contributed by atoms with Gasteiger partial charge in [-0.25, -0.2) is 0 Å². The molecule has 1 aromatic heterocycles. The smallest absolute Gasteiger partial charge is 0.166 e. The Morgan fingerprint density at radius 1 is 1.04 bits per heavy atom. The summed E-state index contributed by atoms with van der Waals surface area (Å²) in [6.45, 7) is 2.86. The van der Waals surface area contributed by atoms with E-state index >= 15 is 0 Å². The van der Waals surface area contributed by atoms with Crippen LogP contribution in [0.3, 0.4) is 0 Å². The Hall–Kier alpha value is -2.39. The summed E-state index contributed by atoms with van der Waals surface area (Å²) < 4.78 is 2.23. The number of benzene rings is 2. The van der Waals surface area contributed by atoms with Crippen LogP contribution in [0.4, 0.5) is 0 Å². The van der Waals surface area contributed by atoms with Gasteiger partial charge in [-0.1, -0.05) is 42.5 Å². The third kappa shape index (κ3) is 3.38. The molecule has 0 aliphatic carbocycles. The summed E-state index contributed by atoms with van der Waals surface area (Å²) in [7, 11) is 2.13. The minimum Gasteiger partial charge on any atom is -0.343 e. The van der Waals surface area contributed by atoms with Crippen LogP contribution in [0, 0.1) is 5.92 Å². The van der Waals surface area contributed by atoms with Crippen molar-refractivity contribution in [1.29, 1.82) is 0 Å². The van der Waals surface area contributed by atoms with Crippen molar-refractivity contribution >= 4 is 16.7 Å². The Morgan fingerprint density at radius 3 is 2.56 bits per heavy atom. The molecule has 3 aromatic rings. The van der Waals surface area contributed by atoms with Gasteiger partial charge in [0.2, 0.25) is 0 Å². The number of carbonyl (C=O) groups is 1. The SMILES string of the molecule is CN1CCC(C(=O)c2ccc3ccn(Cc4ccccc4)c3c2)CC1. The van der Waals surface area contributed by atoms with E-state index in [0.29, 0.717) is 5.78 Å². The number of hydrogen-bond donors (Lipinski definition) is 0. The Labute approximate surface area is 148 Å². The fourth-order valence-corrected chi connectivity index (χ4v) is 3.76. The predicted octanol–water partition coefficient (Wildman–Crippen LogP) is 4.21. The first kappa shape index (κ1) is 16.1. The summed E-state index contributed by atoms with van der Waals surface area (Å²) in [6, 6.07) is 18.7. The summed E-state index contributed by atoms with van der Waals surface area (Å²) in [6.07, 6.45) is 4.05. The van der Waals surface area contributed by atoms with Gasteiger partial charge in [0.1, 0.15) is 0 Å². The first-order chi connectivity index (χ1) is 12.2. The average Bonchev–Trinajstić information content (AvgIpc) is 3.05. The number of nitrogens with zero attached hydrogens (tertiary/aromatic N) is 2. The quantitative estimate of drug-likeness (QED) is 0.669. The average molecular weight is 332 g/mol. The zero-order valence-corrected chi connectivity index (χ0v) is 14.7. The molecule has 2 aromatic carbocycles. The second kappa shape index (κ2) is 6.85. The zero-order chi connectivity index (χ0) is 17.2. The molecule has 0 N–H and O–H groups in total. The molecular weight excluding hydrogens is 308 g/mol. The van der Waals surface area contributed by atoms with Gasteiger partial charge in [0.15, 0.2) is 5.78 Å². The maximum atomic E-state index is 12.9. The molecule has 0 saturated carbocycles. The molecule has 3 heteroatoms. The van der Waals surface area contributed by atoms with E-state index in [4.69, 9.17) is 0 Å². The molecule has 1 saturated heterocycles. The van der Waals surface area contributed by atoms with Crippen molar-refractivity contribution < 1.29 is 4.79 Å². The fraction of sp³-hybridized carbons (Fsp3) is 0.318. The summed E-state index contributed by atoms with van der Waals surface area (Å²) in [4.78, 5) is 15.2. The van der Waals surface area contributed by atoms with Crippen molar-refractivity contribution in [2.24, 2.45) is 5.92 Å². The minimum absolute atomic E-state index is 0.172. The molecule has 1 fully saturated rings. The molecule has 128 valence electrons. The molecule has 0 amide bonds. The van der Waals surface area contributed by atoms with Gasteiger partial charge < -0.3 is 9.47 Å². The normalized spacial score (nSPS) is 16.4. The summed E-state index contributed by atoms with van der Waals surface area (Å²) in [5.41, 5.74) is 3.27. The van der Waals surface area contributed by atoms with Crippen molar-refractivity contribution in [2.45, 2.75) is 19.4 Å². The predicted molar refractivity (Wildman–Crippen MR) is 102 cm³/mol. The molecule has 0 atom stereocenters. The number of fused-ring (bicyclic) bond motifs is 1. The molecule has 2 heterocycles. The first-order valence-electron chi connectivity index (χ1n) is 9.06. The second-order valence-corrected chi connectivity index (χ2v) is 7.14. The highest BCUT2D eigenvalue weighted by atomic mass is 16.1. The number of carbonyl (C=O) groups excluding carboxylic acids is 1. The van der Waals surface area contributed by atoms with Crippen LogP contribution < -0.4 is 0 Å². The van der Waals surface area contributed by atoms with Crippen LogP contribution in [0.25, 0.3) is 10.9 Å². The van der Waals surface area contributed by atoms with E-state index in [1.807, 2.05) is 12.1 Å². The van der Waals surface area contributed by atoms with E-state index < -0.39 is 0 Å². The lowest BCUT2D eigenvalue weighted by atomic mass is 9.89. The Morgan fingerprint density at radius 2 is 1.80 bits per heavy atom. The lowest BCUT2D eigenvalue weighted by Crippen LogP contribution is -2.33. The molecule has 0 bridgehead atoms. The fourth-order valence-electron chi connectivity index (χ4n) is 3.76. The van der Waals surface area contributed by atoms with Crippen molar-refractivity contribution in [3.05, 3.63) is 71.9 Å². The van der Waals surface area contributed by atoms with Crippen LogP contribution in [0.1, 0.15) is 28.8 Å². The van der Waals surface area contributed by atoms with E-state index in [-0.39, 0.29) is 5.92 Å². The van der Waals surface area contributed by atoms with Gasteiger partial charge >= 0.3 is 0 Å². The van der Waals surface area contributed by atoms with Crippen molar-refractivity contribution in [3.8, 4) is 0 Å². The zero-order valence-electron chi connectivity index (χ0n) is 14.7. The van der Waals surface area contributed by atoms with Crippen molar-refractivity contribution in [2.75, 3.05) is 20.1 Å². The van der Waals surface area contributed by atoms with E-state index in [2.05, 4.69) is 65.2 Å². The second-order valence-electron chi connectivity index (χ2n) is 7.14. The first-order valence-corrected chi connectivity index (χ1v) is 9.06. The van der Waals surface area contributed by atoms with Crippen molar-refractivity contribution in [3.63, 3.8) is 0 Å². The number of ketones is 1. The summed E-state index contributed by atoms with van der Waals surface area (Å²) in [5.74, 6) is 0.480. The monoisotopic (exact) mass is 332 g/mol. The van der Waals surface area contributed by atoms with E-state index in [0.717, 1.165) is 43.6 Å². The standard InChI is InChI=1S/C22H24N2O/c1-23-12-9-19(10-13-23)22(25)20-8-7-18-11-14-24(21(18)15-20)16-17-5-3-2-4-6-17/h2-8,11,14-15,19H,9-10,12-13,16H2,1H3. The molecule has 0 unspecified atom stereocenters. The highest BCUT2D eigenvalue weighted by Gasteiger charge is 2.24. The van der Waals surface area contributed by atoms with Crippen LogP contribution in [-0.4, -0.2) is 35.4 Å². The summed E-state index contributed by atoms with van der Waals surface area (Å²) in [5, 5.41) is 1.19. The molecule has 0 spiro atoms. The van der Waals surface area contributed by atoms with Gasteiger partial charge in [0.25, 0.3) is 0 Å². The molecular formula is C22H24N2O. The van der Waals surface area contributed by atoms with Crippen LogP contribution >= 0.6 is 0 Å². The van der Waals surface area contributed by atoms with Gasteiger partial charge in [0.05, 0.1) is 0 Å². The topological polar surface area (TPSA) is 25.2 Å². The lowest BCUT2D eigenvalue weighted by Gasteiger charge is -2.28. The largest absolute Gasteiger partial charge is 0.343 e. The van der Waals surface area contributed by atoms with E-state index in [1.165, 1.54) is 10.9 Å². The van der Waals surface area contributed by atoms with Gasteiger partial charge in [-0.2, -0.15) is 0 Å². The van der Waals surface area contributed by atoms with Crippen molar-refractivity contribution in [1.82, 2.24) is 9.47 Å². The molecule has 1 aliphatic heterocycles. The minimum atomic E-state index is 0.172. The number of likely N-dealkylation sites (tertiary alicyclic amines) is 1. The van der Waals surface area contributed by atoms with Gasteiger partial charge in [-0.15, -0.1) is 0 Å². The van der Waals surface area contributed by atoms with E-state index in [9.17, 15) is 4.79 Å².